The first-order valence-electron chi connectivity index (χ1n) is 8.62. The molecule has 0 unspecified atom stereocenters. The van der Waals surface area contributed by atoms with Gasteiger partial charge in [-0.25, -0.2) is 0 Å². The molecule has 0 atom stereocenters. The summed E-state index contributed by atoms with van der Waals surface area (Å²) in [6.45, 7) is 0.0000900. The zero-order valence-corrected chi connectivity index (χ0v) is 13.7. The fraction of sp³-hybridized carbons (Fsp3) is 0.500. The Hall–Kier alpha value is -2.37. The number of rotatable bonds is 4. The highest BCUT2D eigenvalue weighted by molar-refractivity contribution is 6.10. The third-order valence-electron chi connectivity index (χ3n) is 4.61. The molecule has 0 radical (unpaired) electrons. The van der Waals surface area contributed by atoms with E-state index in [2.05, 4.69) is 10.6 Å². The third-order valence-corrected chi connectivity index (χ3v) is 4.61. The second-order valence-corrected chi connectivity index (χ2v) is 6.45. The molecule has 0 aromatic heterocycles. The minimum absolute atomic E-state index is 0.0000900. The molecule has 6 heteroatoms. The van der Waals surface area contributed by atoms with Gasteiger partial charge in [-0.2, -0.15) is 0 Å². The van der Waals surface area contributed by atoms with Gasteiger partial charge in [-0.3, -0.25) is 14.4 Å². The maximum atomic E-state index is 12.5. The van der Waals surface area contributed by atoms with Crippen molar-refractivity contribution in [1.82, 2.24) is 5.32 Å². The van der Waals surface area contributed by atoms with Crippen LogP contribution in [0.4, 0.5) is 11.4 Å². The molecule has 3 rings (SSSR count). The zero-order chi connectivity index (χ0) is 16.9. The predicted octanol–water partition coefficient (Wildman–Crippen LogP) is 2.20. The van der Waals surface area contributed by atoms with Crippen LogP contribution in [0, 0.1) is 0 Å². The molecule has 6 nitrogen and oxygen atoms in total. The van der Waals surface area contributed by atoms with Crippen LogP contribution in [0.3, 0.4) is 0 Å². The molecular weight excluding hydrogens is 306 g/mol. The standard InChI is InChI=1S/C18H23N3O3/c22-16(19-13-6-2-1-3-7-13)10-11-18(24)21-12-17(23)20-14-8-4-5-9-15(14)21/h4-5,8-9,13H,1-3,6-7,10-12H2,(H,19,22)(H,20,23). The maximum absolute atomic E-state index is 12.5. The molecule has 1 aromatic carbocycles. The van der Waals surface area contributed by atoms with Gasteiger partial charge in [0.25, 0.3) is 0 Å². The van der Waals surface area contributed by atoms with E-state index in [9.17, 15) is 14.4 Å². The van der Waals surface area contributed by atoms with Gasteiger partial charge in [0.15, 0.2) is 0 Å². The number of hydrogen-bond donors (Lipinski definition) is 2. The van der Waals surface area contributed by atoms with Gasteiger partial charge in [-0.05, 0) is 25.0 Å². The van der Waals surface area contributed by atoms with E-state index in [0.717, 1.165) is 25.7 Å². The molecule has 24 heavy (non-hydrogen) atoms. The first kappa shape index (κ1) is 16.5. The average molecular weight is 329 g/mol. The number of carbonyl (C=O) groups excluding carboxylic acids is 3. The van der Waals surface area contributed by atoms with Crippen molar-refractivity contribution >= 4 is 29.1 Å². The first-order chi connectivity index (χ1) is 11.6. The molecule has 1 fully saturated rings. The van der Waals surface area contributed by atoms with E-state index < -0.39 is 0 Å². The van der Waals surface area contributed by atoms with Crippen molar-refractivity contribution in [1.29, 1.82) is 0 Å². The number of nitrogens with one attached hydrogen (secondary N) is 2. The number of benzene rings is 1. The number of fused-ring (bicyclic) bond motifs is 1. The Morgan fingerprint density at radius 1 is 1.12 bits per heavy atom. The lowest BCUT2D eigenvalue weighted by Gasteiger charge is -2.29. The molecule has 2 aliphatic rings. The number of anilines is 2. The highest BCUT2D eigenvalue weighted by Gasteiger charge is 2.26. The van der Waals surface area contributed by atoms with Gasteiger partial charge in [-0.15, -0.1) is 0 Å². The van der Waals surface area contributed by atoms with Crippen LogP contribution < -0.4 is 15.5 Å². The average Bonchev–Trinajstić information content (AvgIpc) is 2.59. The van der Waals surface area contributed by atoms with Crippen LogP contribution in [-0.4, -0.2) is 30.3 Å². The molecular formula is C18H23N3O3. The number of para-hydroxylation sites is 2. The van der Waals surface area contributed by atoms with Crippen molar-refractivity contribution in [2.75, 3.05) is 16.8 Å². The summed E-state index contributed by atoms with van der Waals surface area (Å²) >= 11 is 0. The second kappa shape index (κ2) is 7.47. The first-order valence-corrected chi connectivity index (χ1v) is 8.62. The summed E-state index contributed by atoms with van der Waals surface area (Å²) in [7, 11) is 0. The van der Waals surface area contributed by atoms with Gasteiger partial charge < -0.3 is 15.5 Å². The van der Waals surface area contributed by atoms with Gasteiger partial charge in [0, 0.05) is 18.9 Å². The highest BCUT2D eigenvalue weighted by atomic mass is 16.2. The van der Waals surface area contributed by atoms with Crippen LogP contribution in [0.5, 0.6) is 0 Å². The zero-order valence-electron chi connectivity index (χ0n) is 13.7. The number of nitrogens with zero attached hydrogens (tertiary/aromatic N) is 1. The van der Waals surface area contributed by atoms with E-state index in [0.29, 0.717) is 11.4 Å². The summed E-state index contributed by atoms with van der Waals surface area (Å²) in [4.78, 5) is 37.7. The molecule has 128 valence electrons. The van der Waals surface area contributed by atoms with Crippen LogP contribution in [0.2, 0.25) is 0 Å². The van der Waals surface area contributed by atoms with Crippen LogP contribution in [0.1, 0.15) is 44.9 Å². The lowest BCUT2D eigenvalue weighted by atomic mass is 9.95. The normalized spacial score (nSPS) is 17.8. The number of carbonyl (C=O) groups is 3. The van der Waals surface area contributed by atoms with Gasteiger partial charge >= 0.3 is 0 Å². The van der Waals surface area contributed by atoms with Crippen LogP contribution >= 0.6 is 0 Å². The van der Waals surface area contributed by atoms with E-state index in [1.165, 1.54) is 11.3 Å². The molecule has 1 heterocycles. The van der Waals surface area contributed by atoms with Crippen molar-refractivity contribution in [3.05, 3.63) is 24.3 Å². The van der Waals surface area contributed by atoms with Crippen LogP contribution in [0.25, 0.3) is 0 Å². The van der Waals surface area contributed by atoms with Crippen LogP contribution in [-0.2, 0) is 14.4 Å². The van der Waals surface area contributed by atoms with Gasteiger partial charge in [-0.1, -0.05) is 31.4 Å². The van der Waals surface area contributed by atoms with Gasteiger partial charge in [0.2, 0.25) is 17.7 Å². The Labute approximate surface area is 141 Å². The van der Waals surface area contributed by atoms with E-state index >= 15 is 0 Å². The quantitative estimate of drug-likeness (QED) is 0.889. The molecule has 1 aliphatic carbocycles. The molecule has 0 spiro atoms. The summed E-state index contributed by atoms with van der Waals surface area (Å²) in [5, 5.41) is 5.77. The fourth-order valence-corrected chi connectivity index (χ4v) is 3.36. The Morgan fingerprint density at radius 2 is 1.88 bits per heavy atom. The predicted molar refractivity (Wildman–Crippen MR) is 91.7 cm³/mol. The Kier molecular flexibility index (Phi) is 5.13. The molecule has 3 amide bonds. The summed E-state index contributed by atoms with van der Waals surface area (Å²) in [5.41, 5.74) is 1.32. The maximum Gasteiger partial charge on any atom is 0.244 e. The second-order valence-electron chi connectivity index (χ2n) is 6.45. The summed E-state index contributed by atoms with van der Waals surface area (Å²) in [5.74, 6) is -0.491. The molecule has 2 N–H and O–H groups in total. The number of hydrogen-bond acceptors (Lipinski definition) is 3. The molecule has 1 aliphatic heterocycles. The van der Waals surface area contributed by atoms with Crippen molar-refractivity contribution in [2.45, 2.75) is 51.0 Å². The lowest BCUT2D eigenvalue weighted by molar-refractivity contribution is -0.126. The van der Waals surface area contributed by atoms with E-state index in [-0.39, 0.29) is 43.1 Å². The van der Waals surface area contributed by atoms with Gasteiger partial charge in [0.1, 0.15) is 6.54 Å². The van der Waals surface area contributed by atoms with Crippen LogP contribution in [0.15, 0.2) is 24.3 Å². The van der Waals surface area contributed by atoms with Crippen molar-refractivity contribution in [3.8, 4) is 0 Å². The molecule has 1 aromatic rings. The number of amides is 3. The smallest absolute Gasteiger partial charge is 0.244 e. The van der Waals surface area contributed by atoms with Crippen molar-refractivity contribution in [2.24, 2.45) is 0 Å². The summed E-state index contributed by atoms with van der Waals surface area (Å²) in [6.07, 6.45) is 5.88. The topological polar surface area (TPSA) is 78.5 Å². The molecule has 0 saturated heterocycles. The minimum atomic E-state index is -0.214. The summed E-state index contributed by atoms with van der Waals surface area (Å²) < 4.78 is 0. The Morgan fingerprint density at radius 3 is 2.67 bits per heavy atom. The molecule has 1 saturated carbocycles. The highest BCUT2D eigenvalue weighted by Crippen LogP contribution is 2.29. The summed E-state index contributed by atoms with van der Waals surface area (Å²) in [6, 6.07) is 7.46. The Bertz CT molecular complexity index is 638. The van der Waals surface area contributed by atoms with Crippen molar-refractivity contribution in [3.63, 3.8) is 0 Å². The lowest BCUT2D eigenvalue weighted by Crippen LogP contribution is -2.43. The fourth-order valence-electron chi connectivity index (χ4n) is 3.36. The Balaban J connectivity index is 1.55. The van der Waals surface area contributed by atoms with E-state index in [4.69, 9.17) is 0 Å². The van der Waals surface area contributed by atoms with E-state index in [1.54, 1.807) is 12.1 Å². The van der Waals surface area contributed by atoms with Crippen molar-refractivity contribution < 1.29 is 14.4 Å². The van der Waals surface area contributed by atoms with E-state index in [1.807, 2.05) is 12.1 Å². The third kappa shape index (κ3) is 3.93. The monoisotopic (exact) mass is 329 g/mol. The SMILES string of the molecule is O=C1CN(C(=O)CCC(=O)NC2CCCCC2)c2ccccc2N1. The largest absolute Gasteiger partial charge is 0.353 e. The van der Waals surface area contributed by atoms with Gasteiger partial charge in [0.05, 0.1) is 11.4 Å². The molecule has 0 bridgehead atoms. The minimum Gasteiger partial charge on any atom is -0.353 e.